The van der Waals surface area contributed by atoms with Crippen LogP contribution < -0.4 is 21.3 Å². The van der Waals surface area contributed by atoms with E-state index >= 15 is 0 Å². The van der Waals surface area contributed by atoms with Gasteiger partial charge in [-0.1, -0.05) is 175 Å². The molecule has 23 nitrogen and oxygen atoms in total. The summed E-state index contributed by atoms with van der Waals surface area (Å²) in [6.45, 7) is 3.84. The first-order chi connectivity index (χ1) is 61.2. The highest BCUT2D eigenvalue weighted by molar-refractivity contribution is 6.13. The summed E-state index contributed by atoms with van der Waals surface area (Å²) >= 11 is 0. The second-order valence-corrected chi connectivity index (χ2v) is 29.3. The minimum absolute atomic E-state index is 0.0147. The Morgan fingerprint density at radius 2 is 0.611 bits per heavy atom. The predicted octanol–water partition coefficient (Wildman–Crippen LogP) is 19.8. The van der Waals surface area contributed by atoms with Crippen molar-refractivity contribution in [2.45, 2.75) is 45.4 Å². The Hall–Kier alpha value is -17.1. The number of carbonyl (C=O) groups is 4. The highest BCUT2D eigenvalue weighted by Crippen LogP contribution is 2.32. The van der Waals surface area contributed by atoms with Gasteiger partial charge in [-0.2, -0.15) is 0 Å². The van der Waals surface area contributed by atoms with Crippen LogP contribution in [0, 0.1) is 6.92 Å². The molecule has 0 aliphatic rings. The van der Waals surface area contributed by atoms with Crippen LogP contribution in [0.4, 0.5) is 23.3 Å². The van der Waals surface area contributed by atoms with Crippen molar-refractivity contribution in [3.05, 3.63) is 425 Å². The topological polar surface area (TPSA) is 361 Å². The van der Waals surface area contributed by atoms with Crippen LogP contribution in [-0.4, -0.2) is 99.2 Å². The predicted molar refractivity (Wildman–Crippen MR) is 487 cm³/mol. The van der Waals surface area contributed by atoms with Gasteiger partial charge in [0.15, 0.2) is 23.3 Å². The lowest BCUT2D eigenvalue weighted by Gasteiger charge is -2.15. The molecule has 4 heterocycles. The molecule has 0 fully saturated rings. The second kappa shape index (κ2) is 40.8. The number of anilines is 4. The monoisotopic (exact) mass is 1660 g/mol. The van der Waals surface area contributed by atoms with Crippen molar-refractivity contribution in [1.82, 2.24) is 39.9 Å². The standard InChI is InChI=1S/C29H23N3O2.C26H23N3O3.2C24H19N3O3/c1-19-10-15-24-22(16-19)8-5-9-25(24)29(34)32-28-26(17-20-6-3-2-4-7-20)31-27(18-30-28)21-11-13-23(33)14-12-21;1-17(19-7-11-21(30)12-8-19)26(32)29-25-23(15-18-5-3-2-4-6-18)28-24(16-27-25)20-9-13-22(31)14-10-20;28-19-11-9-17(10-12-19)22-15-25-23(21(26-22)13-16-5-2-1-3-6-16)27-24(30)18-7-4-8-20(29)14-18;28-19-10-6-17(7-11-19)22-15-25-23(21(26-22)14-16-4-2-1-3-5-16)27-24(30)18-8-12-20(29)13-9-18/h2-16,18,33H,17H2,1H3,(H,30,32,34);2-14,16-17,30-31H,15H2,1H3,(H,27,29,32);1-12,14-15,28-29H,13H2,(H,25,27,30);1-13,15,28-29H,14H2,(H,25,27,30). The highest BCUT2D eigenvalue weighted by Gasteiger charge is 2.23. The largest absolute Gasteiger partial charge is 0.508 e. The molecule has 0 saturated carbocycles. The van der Waals surface area contributed by atoms with E-state index in [1.165, 1.54) is 24.3 Å². The van der Waals surface area contributed by atoms with Gasteiger partial charge in [0.1, 0.15) is 40.2 Å². The average molecular weight is 1670 g/mol. The molecular formula is C103H84N12O11. The third-order valence-electron chi connectivity index (χ3n) is 20.1. The van der Waals surface area contributed by atoms with Gasteiger partial charge in [0.05, 0.1) is 76.3 Å². The molecule has 11 N–H and O–H groups in total. The van der Waals surface area contributed by atoms with Crippen LogP contribution in [0.15, 0.2) is 352 Å². The van der Waals surface area contributed by atoms with Crippen molar-refractivity contribution >= 4 is 57.7 Å². The van der Waals surface area contributed by atoms with Gasteiger partial charge in [-0.15, -0.1) is 0 Å². The Labute approximate surface area is 725 Å². The van der Waals surface area contributed by atoms with Crippen molar-refractivity contribution in [1.29, 1.82) is 0 Å². The van der Waals surface area contributed by atoms with Gasteiger partial charge in [0.2, 0.25) is 5.91 Å². The number of fused-ring (bicyclic) bond motifs is 1. The van der Waals surface area contributed by atoms with Crippen LogP contribution in [0.3, 0.4) is 0 Å². The maximum atomic E-state index is 13.3. The third-order valence-corrected chi connectivity index (χ3v) is 20.1. The lowest BCUT2D eigenvalue weighted by atomic mass is 10.00. The van der Waals surface area contributed by atoms with Crippen molar-refractivity contribution in [3.8, 4) is 85.3 Å². The third kappa shape index (κ3) is 23.1. The summed E-state index contributed by atoms with van der Waals surface area (Å²) < 4.78 is 0. The fourth-order valence-electron chi connectivity index (χ4n) is 13.4. The number of phenols is 7. The Morgan fingerprint density at radius 1 is 0.294 bits per heavy atom. The van der Waals surface area contributed by atoms with E-state index in [4.69, 9.17) is 19.9 Å². The Bertz CT molecular complexity index is 6630. The smallest absolute Gasteiger partial charge is 0.257 e. The number of aromatic hydroxyl groups is 7. The molecule has 0 radical (unpaired) electrons. The molecule has 126 heavy (non-hydrogen) atoms. The molecule has 17 rings (SSSR count). The number of carbonyl (C=O) groups excluding carboxylic acids is 4. The Morgan fingerprint density at radius 3 is 0.968 bits per heavy atom. The lowest BCUT2D eigenvalue weighted by Crippen LogP contribution is -2.21. The molecular weight excluding hydrogens is 1580 g/mol. The first kappa shape index (κ1) is 85.3. The number of nitrogens with zero attached hydrogens (tertiary/aromatic N) is 8. The van der Waals surface area contributed by atoms with Gasteiger partial charge >= 0.3 is 0 Å². The first-order valence-electron chi connectivity index (χ1n) is 40.1. The van der Waals surface area contributed by atoms with Gasteiger partial charge in [0.25, 0.3) is 17.7 Å². The quantitative estimate of drug-likeness (QED) is 0.0318. The zero-order valence-corrected chi connectivity index (χ0v) is 68.2. The maximum absolute atomic E-state index is 13.3. The summed E-state index contributed by atoms with van der Waals surface area (Å²) in [6, 6.07) is 96.8. The normalized spacial score (nSPS) is 10.9. The number of aromatic nitrogens is 8. The average Bonchev–Trinajstić information content (AvgIpc) is 0.811. The van der Waals surface area contributed by atoms with Crippen molar-refractivity contribution in [2.24, 2.45) is 0 Å². The zero-order valence-electron chi connectivity index (χ0n) is 68.2. The highest BCUT2D eigenvalue weighted by atomic mass is 16.3. The fourth-order valence-corrected chi connectivity index (χ4v) is 13.4. The first-order valence-corrected chi connectivity index (χ1v) is 40.1. The number of rotatable bonds is 21. The van der Waals surface area contributed by atoms with E-state index in [9.17, 15) is 54.9 Å². The summed E-state index contributed by atoms with van der Waals surface area (Å²) in [6.07, 6.45) is 8.42. The molecule has 622 valence electrons. The summed E-state index contributed by atoms with van der Waals surface area (Å²) in [4.78, 5) is 88.5. The van der Waals surface area contributed by atoms with Crippen LogP contribution in [0.2, 0.25) is 0 Å². The number of benzene rings is 13. The fraction of sp³-hybridized carbons (Fsp3) is 0.0680. The van der Waals surface area contributed by atoms with Crippen LogP contribution in [-0.2, 0) is 30.5 Å². The van der Waals surface area contributed by atoms with Crippen LogP contribution in [0.25, 0.3) is 55.8 Å². The lowest BCUT2D eigenvalue weighted by molar-refractivity contribution is -0.117. The molecule has 0 aliphatic heterocycles. The molecule has 23 heteroatoms. The molecule has 4 aromatic heterocycles. The Balaban J connectivity index is 0.000000136. The van der Waals surface area contributed by atoms with E-state index in [1.807, 2.05) is 159 Å². The van der Waals surface area contributed by atoms with Gasteiger partial charge in [0, 0.05) is 64.6 Å². The van der Waals surface area contributed by atoms with Crippen LogP contribution >= 0.6 is 0 Å². The van der Waals surface area contributed by atoms with Crippen LogP contribution in [0.1, 0.15) is 100 Å². The van der Waals surface area contributed by atoms with E-state index in [2.05, 4.69) is 47.3 Å². The molecule has 0 bridgehead atoms. The molecule has 17 aromatic rings. The summed E-state index contributed by atoms with van der Waals surface area (Å²) in [5, 5.41) is 80.2. The minimum Gasteiger partial charge on any atom is -0.508 e. The minimum atomic E-state index is -0.432. The van der Waals surface area contributed by atoms with Crippen molar-refractivity contribution in [2.75, 3.05) is 21.3 Å². The number of phenolic OH excluding ortho intramolecular Hbond substituents is 7. The Kier molecular flexibility index (Phi) is 27.6. The van der Waals surface area contributed by atoms with Gasteiger partial charge in [-0.3, -0.25) is 19.2 Å². The van der Waals surface area contributed by atoms with Crippen LogP contribution in [0.5, 0.6) is 40.2 Å². The van der Waals surface area contributed by atoms with E-state index in [0.717, 1.165) is 66.4 Å². The van der Waals surface area contributed by atoms with Crippen molar-refractivity contribution < 1.29 is 54.9 Å². The molecule has 0 aliphatic carbocycles. The number of hydrogen-bond donors (Lipinski definition) is 11. The number of amides is 4. The van der Waals surface area contributed by atoms with E-state index in [1.54, 1.807) is 177 Å². The number of nitrogens with one attached hydrogen (secondary N) is 4. The number of aryl methyl sites for hydroxylation is 1. The van der Waals surface area contributed by atoms with Gasteiger partial charge in [-0.25, -0.2) is 39.9 Å². The van der Waals surface area contributed by atoms with E-state index in [0.29, 0.717) is 111 Å². The van der Waals surface area contributed by atoms with Gasteiger partial charge in [-0.05, 0) is 210 Å². The molecule has 0 spiro atoms. The molecule has 4 amide bonds. The molecule has 13 aromatic carbocycles. The molecule has 1 unspecified atom stereocenters. The van der Waals surface area contributed by atoms with E-state index < -0.39 is 5.92 Å². The molecule has 1 atom stereocenters. The number of hydrogen-bond acceptors (Lipinski definition) is 19. The van der Waals surface area contributed by atoms with Gasteiger partial charge < -0.3 is 57.0 Å². The summed E-state index contributed by atoms with van der Waals surface area (Å²) in [7, 11) is 0. The zero-order chi connectivity index (χ0) is 87.8. The molecule has 0 saturated heterocycles. The maximum Gasteiger partial charge on any atom is 0.257 e. The summed E-state index contributed by atoms with van der Waals surface area (Å²) in [5.74, 6) is 0.960. The summed E-state index contributed by atoms with van der Waals surface area (Å²) in [5.41, 5.74) is 15.9. The van der Waals surface area contributed by atoms with Crippen molar-refractivity contribution in [3.63, 3.8) is 0 Å². The van der Waals surface area contributed by atoms with E-state index in [-0.39, 0.29) is 63.9 Å². The SMILES string of the molecule is CC(C(=O)Nc1ncc(-c2ccc(O)cc2)nc1Cc1ccccc1)c1ccc(O)cc1.Cc1ccc2c(C(=O)Nc3ncc(-c4ccc(O)cc4)nc3Cc3ccccc3)cccc2c1.O=C(Nc1ncc(-c2ccc(O)cc2)nc1Cc1ccccc1)c1ccc(O)cc1.O=C(Nc1ncc(-c2ccc(O)cc2)nc1Cc1ccccc1)c1cccc(O)c1. The second-order valence-electron chi connectivity index (χ2n) is 29.3.